The molecule has 0 heterocycles. The molecule has 0 aromatic carbocycles. The first kappa shape index (κ1) is 11.9. The molecule has 4 bridgehead atoms. The lowest BCUT2D eigenvalue weighted by atomic mass is 9.55. The third-order valence-corrected chi connectivity index (χ3v) is 6.19. The van der Waals surface area contributed by atoms with Crippen LogP contribution in [0.3, 0.4) is 0 Å². The highest BCUT2D eigenvalue weighted by atomic mass is 32.1. The first-order chi connectivity index (χ1) is 8.05. The third-order valence-electron chi connectivity index (χ3n) is 6.08. The highest BCUT2D eigenvalue weighted by molar-refractivity contribution is 7.78. The Morgan fingerprint density at radius 2 is 2.06 bits per heavy atom. The molecule has 1 nitrogen and oxygen atoms in total. The van der Waals surface area contributed by atoms with Crippen LogP contribution in [0.1, 0.15) is 46.5 Å². The van der Waals surface area contributed by atoms with Crippen molar-refractivity contribution in [3.8, 4) is 0 Å². The fraction of sp³-hybridized carbons (Fsp3) is 0.933. The number of isothiocyanates is 1. The van der Waals surface area contributed by atoms with Crippen molar-refractivity contribution in [1.29, 1.82) is 0 Å². The Morgan fingerprint density at radius 1 is 1.29 bits per heavy atom. The maximum Gasteiger partial charge on any atom is 0.0634 e. The number of nitrogens with zero attached hydrogens (tertiary/aromatic N) is 1. The van der Waals surface area contributed by atoms with Crippen molar-refractivity contribution in [1.82, 2.24) is 0 Å². The minimum atomic E-state index is 0.507. The monoisotopic (exact) mass is 249 g/mol. The summed E-state index contributed by atoms with van der Waals surface area (Å²) in [6.07, 6.45) is 5.56. The molecule has 0 aromatic heterocycles. The molecular weight excluding hydrogens is 226 g/mol. The molecule has 0 aromatic rings. The molecular formula is C15H23NS. The van der Waals surface area contributed by atoms with E-state index in [4.69, 9.17) is 12.2 Å². The van der Waals surface area contributed by atoms with Gasteiger partial charge in [-0.2, -0.15) is 0 Å². The van der Waals surface area contributed by atoms with Crippen molar-refractivity contribution in [2.45, 2.75) is 52.5 Å². The molecule has 4 fully saturated rings. The average molecular weight is 249 g/mol. The van der Waals surface area contributed by atoms with Crippen LogP contribution in [-0.2, 0) is 0 Å². The van der Waals surface area contributed by atoms with E-state index >= 15 is 0 Å². The van der Waals surface area contributed by atoms with E-state index in [0.29, 0.717) is 11.5 Å². The van der Waals surface area contributed by atoms with Crippen molar-refractivity contribution in [2.24, 2.45) is 40.0 Å². The molecule has 6 atom stereocenters. The first-order valence-electron chi connectivity index (χ1n) is 7.12. The molecule has 4 saturated carbocycles. The Balaban J connectivity index is 1.88. The van der Waals surface area contributed by atoms with Crippen LogP contribution in [0.15, 0.2) is 4.99 Å². The Labute approximate surface area is 110 Å². The number of rotatable bonds is 2. The minimum Gasteiger partial charge on any atom is -0.229 e. The molecule has 4 aliphatic rings. The van der Waals surface area contributed by atoms with Gasteiger partial charge in [0.25, 0.3) is 0 Å². The lowest BCUT2D eigenvalue weighted by Gasteiger charge is -2.51. The molecule has 0 spiro atoms. The highest BCUT2D eigenvalue weighted by Gasteiger charge is 2.60. The standard InChI is InChI=1S/C15H23NS/c1-9(2)12-7-15(3)6-10-4-11(12)13(15)5-14(10)16-8-17/h9-14H,4-7H2,1-3H3/t10-,11+,12-,13+,14-,15-/m1/s1. The topological polar surface area (TPSA) is 12.4 Å². The highest BCUT2D eigenvalue weighted by Crippen LogP contribution is 2.66. The molecule has 0 unspecified atom stereocenters. The number of fused-ring (bicyclic) bond motifs is 1. The largest absolute Gasteiger partial charge is 0.229 e. The van der Waals surface area contributed by atoms with Crippen LogP contribution in [0.2, 0.25) is 0 Å². The van der Waals surface area contributed by atoms with E-state index in [1.807, 2.05) is 0 Å². The van der Waals surface area contributed by atoms with Gasteiger partial charge in [-0.05, 0) is 72.9 Å². The predicted molar refractivity (Wildman–Crippen MR) is 74.2 cm³/mol. The Bertz CT molecular complexity index is 371. The number of aliphatic imine (C=N–C) groups is 1. The van der Waals surface area contributed by atoms with E-state index in [-0.39, 0.29) is 0 Å². The summed E-state index contributed by atoms with van der Waals surface area (Å²) in [4.78, 5) is 4.43. The van der Waals surface area contributed by atoms with Crippen LogP contribution in [0, 0.1) is 35.0 Å². The average Bonchev–Trinajstić information content (AvgIpc) is 2.47. The van der Waals surface area contributed by atoms with E-state index in [2.05, 4.69) is 30.9 Å². The minimum absolute atomic E-state index is 0.507. The third kappa shape index (κ3) is 1.64. The summed E-state index contributed by atoms with van der Waals surface area (Å²) >= 11 is 4.80. The normalized spacial score (nSPS) is 51.6. The van der Waals surface area contributed by atoms with Gasteiger partial charge in [0.2, 0.25) is 0 Å². The van der Waals surface area contributed by atoms with Crippen LogP contribution in [-0.4, -0.2) is 11.2 Å². The summed E-state index contributed by atoms with van der Waals surface area (Å²) in [6.45, 7) is 7.36. The predicted octanol–water partition coefficient (Wildman–Crippen LogP) is 4.19. The van der Waals surface area contributed by atoms with Crippen LogP contribution in [0.4, 0.5) is 0 Å². The molecule has 0 N–H and O–H groups in total. The molecule has 4 aliphatic carbocycles. The van der Waals surface area contributed by atoms with Crippen molar-refractivity contribution in [2.75, 3.05) is 0 Å². The van der Waals surface area contributed by atoms with E-state index in [0.717, 1.165) is 29.6 Å². The van der Waals surface area contributed by atoms with Gasteiger partial charge in [0.1, 0.15) is 0 Å². The Kier molecular flexibility index (Phi) is 2.72. The fourth-order valence-corrected chi connectivity index (χ4v) is 5.56. The second-order valence-electron chi connectivity index (χ2n) is 7.26. The zero-order chi connectivity index (χ0) is 12.2. The molecule has 94 valence electrons. The van der Waals surface area contributed by atoms with Gasteiger partial charge in [0.05, 0.1) is 11.2 Å². The zero-order valence-electron chi connectivity index (χ0n) is 11.1. The summed E-state index contributed by atoms with van der Waals surface area (Å²) in [6, 6.07) is 0.507. The summed E-state index contributed by atoms with van der Waals surface area (Å²) in [5.74, 6) is 4.52. The molecule has 17 heavy (non-hydrogen) atoms. The van der Waals surface area contributed by atoms with Crippen LogP contribution in [0.25, 0.3) is 0 Å². The fourth-order valence-electron chi connectivity index (χ4n) is 5.42. The molecule has 0 radical (unpaired) electrons. The second-order valence-corrected chi connectivity index (χ2v) is 7.44. The molecule has 0 aliphatic heterocycles. The Hall–Kier alpha value is -0.200. The van der Waals surface area contributed by atoms with Gasteiger partial charge < -0.3 is 0 Å². The van der Waals surface area contributed by atoms with Gasteiger partial charge in [-0.15, -0.1) is 0 Å². The SMILES string of the molecule is CC(C)[C@H]1C[C@@]2(C)C[C@H]3C[C@@H]1[C@@H]2C[C@H]3N=C=S. The smallest absolute Gasteiger partial charge is 0.0634 e. The zero-order valence-corrected chi connectivity index (χ0v) is 12.0. The van der Waals surface area contributed by atoms with Crippen molar-refractivity contribution >= 4 is 17.4 Å². The quantitative estimate of drug-likeness (QED) is 0.528. The Morgan fingerprint density at radius 3 is 2.65 bits per heavy atom. The number of hydrogen-bond acceptors (Lipinski definition) is 2. The van der Waals surface area contributed by atoms with Crippen molar-refractivity contribution in [3.63, 3.8) is 0 Å². The summed E-state index contributed by atoms with van der Waals surface area (Å²) in [5.41, 5.74) is 0.621. The first-order valence-corrected chi connectivity index (χ1v) is 7.53. The maximum absolute atomic E-state index is 4.80. The molecule has 4 rings (SSSR count). The maximum atomic E-state index is 4.80. The van der Waals surface area contributed by atoms with E-state index in [1.165, 1.54) is 25.7 Å². The number of hydrogen-bond donors (Lipinski definition) is 0. The van der Waals surface area contributed by atoms with E-state index in [1.54, 1.807) is 0 Å². The summed E-state index contributed by atoms with van der Waals surface area (Å²) < 4.78 is 0. The van der Waals surface area contributed by atoms with E-state index < -0.39 is 0 Å². The van der Waals surface area contributed by atoms with Crippen molar-refractivity contribution < 1.29 is 0 Å². The van der Waals surface area contributed by atoms with Crippen LogP contribution >= 0.6 is 12.2 Å². The summed E-state index contributed by atoms with van der Waals surface area (Å²) in [5, 5.41) is 2.63. The van der Waals surface area contributed by atoms with Crippen molar-refractivity contribution in [3.05, 3.63) is 0 Å². The lowest BCUT2D eigenvalue weighted by molar-refractivity contribution is 0.000275. The lowest BCUT2D eigenvalue weighted by Crippen LogP contribution is -2.46. The van der Waals surface area contributed by atoms with Gasteiger partial charge in [0.15, 0.2) is 0 Å². The van der Waals surface area contributed by atoms with Crippen LogP contribution in [0.5, 0.6) is 0 Å². The van der Waals surface area contributed by atoms with Gasteiger partial charge in [-0.25, -0.2) is 4.99 Å². The van der Waals surface area contributed by atoms with Gasteiger partial charge in [-0.3, -0.25) is 0 Å². The van der Waals surface area contributed by atoms with E-state index in [9.17, 15) is 0 Å². The van der Waals surface area contributed by atoms with Crippen LogP contribution < -0.4 is 0 Å². The second kappa shape index (κ2) is 3.90. The van der Waals surface area contributed by atoms with Gasteiger partial charge >= 0.3 is 0 Å². The molecule has 0 saturated heterocycles. The summed E-state index contributed by atoms with van der Waals surface area (Å²) in [7, 11) is 0. The molecule has 0 amide bonds. The van der Waals surface area contributed by atoms with Gasteiger partial charge in [-0.1, -0.05) is 20.8 Å². The number of thiocarbonyl (C=S) groups is 1. The van der Waals surface area contributed by atoms with Gasteiger partial charge in [0, 0.05) is 0 Å². The molecule has 2 heteroatoms.